The van der Waals surface area contributed by atoms with Gasteiger partial charge >= 0.3 is 6.18 Å². The van der Waals surface area contributed by atoms with E-state index in [0.29, 0.717) is 5.92 Å². The summed E-state index contributed by atoms with van der Waals surface area (Å²) in [5, 5.41) is 2.85. The molecule has 1 nitrogen and oxygen atoms in total. The maximum Gasteiger partial charge on any atom is 0.406 e. The lowest BCUT2D eigenvalue weighted by Crippen LogP contribution is -2.50. The summed E-state index contributed by atoms with van der Waals surface area (Å²) in [5.74, 6) is 0.570. The Bertz CT molecular complexity index is 232. The Morgan fingerprint density at radius 3 is 2.33 bits per heavy atom. The minimum atomic E-state index is -4.06. The molecule has 0 radical (unpaired) electrons. The van der Waals surface area contributed by atoms with Gasteiger partial charge < -0.3 is 5.32 Å². The molecule has 0 amide bonds. The van der Waals surface area contributed by atoms with Gasteiger partial charge in [0, 0.05) is 6.04 Å². The summed E-state index contributed by atoms with van der Waals surface area (Å²) >= 11 is 0. The fraction of sp³-hybridized carbons (Fsp3) is 1.00. The van der Waals surface area contributed by atoms with Crippen LogP contribution in [0.5, 0.6) is 0 Å². The molecule has 0 aromatic heterocycles. The Hall–Kier alpha value is -0.250. The fourth-order valence-electron chi connectivity index (χ4n) is 2.59. The van der Waals surface area contributed by atoms with Gasteiger partial charge in [0.15, 0.2) is 0 Å². The SMILES string of the molecule is CC1CCCC(NC2(C(F)(F)F)CC2)C1. The van der Waals surface area contributed by atoms with Crippen LogP contribution in [0.25, 0.3) is 0 Å². The third kappa shape index (κ3) is 2.30. The normalized spacial score (nSPS) is 35.2. The third-order valence-electron chi connectivity index (χ3n) is 3.71. The maximum absolute atomic E-state index is 12.7. The molecule has 0 heterocycles. The molecule has 0 saturated heterocycles. The molecule has 2 rings (SSSR count). The van der Waals surface area contributed by atoms with Crippen LogP contribution in [0.3, 0.4) is 0 Å². The number of alkyl halides is 3. The van der Waals surface area contributed by atoms with Crippen molar-refractivity contribution in [1.82, 2.24) is 5.32 Å². The highest BCUT2D eigenvalue weighted by Gasteiger charge is 2.63. The van der Waals surface area contributed by atoms with Crippen molar-refractivity contribution in [3.63, 3.8) is 0 Å². The van der Waals surface area contributed by atoms with E-state index in [4.69, 9.17) is 0 Å². The first-order valence-electron chi connectivity index (χ1n) is 5.77. The summed E-state index contributed by atoms with van der Waals surface area (Å²) in [6.45, 7) is 2.13. The van der Waals surface area contributed by atoms with E-state index >= 15 is 0 Å². The molecule has 1 N–H and O–H groups in total. The van der Waals surface area contributed by atoms with Crippen LogP contribution in [0.15, 0.2) is 0 Å². The highest BCUT2D eigenvalue weighted by Crippen LogP contribution is 2.49. The van der Waals surface area contributed by atoms with Gasteiger partial charge in [-0.05, 0) is 31.6 Å². The summed E-state index contributed by atoms with van der Waals surface area (Å²) in [6.07, 6.45) is 0.500. The second-order valence-electron chi connectivity index (χ2n) is 5.19. The average Bonchev–Trinajstić information content (AvgIpc) is 2.84. The molecule has 0 bridgehead atoms. The number of halogens is 3. The molecule has 2 atom stereocenters. The van der Waals surface area contributed by atoms with Gasteiger partial charge in [-0.3, -0.25) is 0 Å². The summed E-state index contributed by atoms with van der Waals surface area (Å²) in [6, 6.07) is 0.0814. The van der Waals surface area contributed by atoms with E-state index in [9.17, 15) is 13.2 Å². The van der Waals surface area contributed by atoms with Crippen LogP contribution >= 0.6 is 0 Å². The molecule has 4 heteroatoms. The van der Waals surface area contributed by atoms with E-state index in [0.717, 1.165) is 25.7 Å². The molecule has 2 aliphatic carbocycles. The lowest BCUT2D eigenvalue weighted by atomic mass is 9.86. The van der Waals surface area contributed by atoms with Crippen molar-refractivity contribution in [3.05, 3.63) is 0 Å². The molecule has 15 heavy (non-hydrogen) atoms. The van der Waals surface area contributed by atoms with Crippen molar-refractivity contribution in [1.29, 1.82) is 0 Å². The smallest absolute Gasteiger partial charge is 0.301 e. The zero-order valence-electron chi connectivity index (χ0n) is 9.03. The molecule has 2 fully saturated rings. The van der Waals surface area contributed by atoms with Crippen molar-refractivity contribution in [2.75, 3.05) is 0 Å². The standard InChI is InChI=1S/C11H18F3N/c1-8-3-2-4-9(7-8)15-10(5-6-10)11(12,13)14/h8-9,15H,2-7H2,1H3. The predicted molar refractivity (Wildman–Crippen MR) is 52.6 cm³/mol. The van der Waals surface area contributed by atoms with Crippen molar-refractivity contribution in [2.45, 2.75) is 63.2 Å². The molecule has 0 aromatic rings. The quantitative estimate of drug-likeness (QED) is 0.754. The average molecular weight is 221 g/mol. The molecule has 2 saturated carbocycles. The summed E-state index contributed by atoms with van der Waals surface area (Å²) < 4.78 is 38.1. The first kappa shape index (κ1) is 11.2. The van der Waals surface area contributed by atoms with Gasteiger partial charge in [0.05, 0.1) is 0 Å². The van der Waals surface area contributed by atoms with E-state index in [2.05, 4.69) is 12.2 Å². The molecule has 88 valence electrons. The van der Waals surface area contributed by atoms with Crippen LogP contribution in [0, 0.1) is 5.92 Å². The number of rotatable bonds is 2. The topological polar surface area (TPSA) is 12.0 Å². The van der Waals surface area contributed by atoms with E-state index in [1.54, 1.807) is 0 Å². The highest BCUT2D eigenvalue weighted by atomic mass is 19.4. The largest absolute Gasteiger partial charge is 0.406 e. The number of hydrogen-bond donors (Lipinski definition) is 1. The molecule has 0 aliphatic heterocycles. The van der Waals surface area contributed by atoms with Crippen LogP contribution in [-0.4, -0.2) is 17.8 Å². The summed E-state index contributed by atoms with van der Waals surface area (Å²) in [4.78, 5) is 0. The van der Waals surface area contributed by atoms with Crippen LogP contribution < -0.4 is 5.32 Å². The minimum absolute atomic E-state index is 0.0814. The fourth-order valence-corrected chi connectivity index (χ4v) is 2.59. The minimum Gasteiger partial charge on any atom is -0.301 e. The molecular weight excluding hydrogens is 203 g/mol. The van der Waals surface area contributed by atoms with Crippen LogP contribution in [-0.2, 0) is 0 Å². The summed E-state index contributed by atoms with van der Waals surface area (Å²) in [5.41, 5.74) is -1.52. The van der Waals surface area contributed by atoms with Gasteiger partial charge in [-0.15, -0.1) is 0 Å². The zero-order chi connectivity index (χ0) is 11.1. The van der Waals surface area contributed by atoms with Gasteiger partial charge in [-0.25, -0.2) is 0 Å². The van der Waals surface area contributed by atoms with Crippen molar-refractivity contribution in [3.8, 4) is 0 Å². The van der Waals surface area contributed by atoms with E-state index in [1.165, 1.54) is 0 Å². The highest BCUT2D eigenvalue weighted by molar-refractivity contribution is 5.09. The number of hydrogen-bond acceptors (Lipinski definition) is 1. The van der Waals surface area contributed by atoms with Crippen molar-refractivity contribution < 1.29 is 13.2 Å². The van der Waals surface area contributed by atoms with Crippen molar-refractivity contribution in [2.24, 2.45) is 5.92 Å². The molecule has 0 aromatic carbocycles. The second kappa shape index (κ2) is 3.65. The Balaban J connectivity index is 1.91. The monoisotopic (exact) mass is 221 g/mol. The van der Waals surface area contributed by atoms with Gasteiger partial charge in [0.1, 0.15) is 5.54 Å². The first-order valence-corrected chi connectivity index (χ1v) is 5.77. The molecular formula is C11H18F3N. The Morgan fingerprint density at radius 1 is 1.20 bits per heavy atom. The van der Waals surface area contributed by atoms with Gasteiger partial charge in [-0.2, -0.15) is 13.2 Å². The van der Waals surface area contributed by atoms with Gasteiger partial charge in [-0.1, -0.05) is 19.8 Å². The zero-order valence-corrected chi connectivity index (χ0v) is 9.03. The lowest BCUT2D eigenvalue weighted by Gasteiger charge is -2.32. The molecule has 0 spiro atoms. The van der Waals surface area contributed by atoms with Crippen molar-refractivity contribution >= 4 is 0 Å². The first-order chi connectivity index (χ1) is 6.93. The molecule has 2 unspecified atom stereocenters. The third-order valence-corrected chi connectivity index (χ3v) is 3.71. The van der Waals surface area contributed by atoms with E-state index in [-0.39, 0.29) is 18.9 Å². The lowest BCUT2D eigenvalue weighted by molar-refractivity contribution is -0.168. The Labute approximate surface area is 88.4 Å². The van der Waals surface area contributed by atoms with Gasteiger partial charge in [0.2, 0.25) is 0 Å². The van der Waals surface area contributed by atoms with E-state index < -0.39 is 11.7 Å². The Morgan fingerprint density at radius 2 is 1.87 bits per heavy atom. The Kier molecular flexibility index (Phi) is 2.73. The summed E-state index contributed by atoms with van der Waals surface area (Å²) in [7, 11) is 0. The number of nitrogens with one attached hydrogen (secondary N) is 1. The molecule has 2 aliphatic rings. The van der Waals surface area contributed by atoms with Crippen LogP contribution in [0.2, 0.25) is 0 Å². The van der Waals surface area contributed by atoms with E-state index in [1.807, 2.05) is 0 Å². The van der Waals surface area contributed by atoms with Crippen LogP contribution in [0.1, 0.15) is 45.4 Å². The van der Waals surface area contributed by atoms with Gasteiger partial charge in [0.25, 0.3) is 0 Å². The van der Waals surface area contributed by atoms with Crippen LogP contribution in [0.4, 0.5) is 13.2 Å². The second-order valence-corrected chi connectivity index (χ2v) is 5.19. The predicted octanol–water partition coefficient (Wildman–Crippen LogP) is 3.25. The maximum atomic E-state index is 12.7.